The van der Waals surface area contributed by atoms with Crippen LogP contribution in [0.4, 0.5) is 18.9 Å². The number of alkyl halides is 3. The second kappa shape index (κ2) is 8.16. The first-order valence-electron chi connectivity index (χ1n) is 7.94. The standard InChI is InChI=1S/C19H10ClF3N4O2/c20-15-7-11(8-24)9-26-17(15)12-1-6-16(25-10-12)18(28)27-13-2-4-14(5-3-13)29-19(21,22)23/h1-7,9-10H,(H,27,28). The Labute approximate surface area is 167 Å². The molecule has 0 atom stereocenters. The van der Waals surface area contributed by atoms with Gasteiger partial charge in [-0.3, -0.25) is 14.8 Å². The normalized spacial score (nSPS) is 10.9. The summed E-state index contributed by atoms with van der Waals surface area (Å²) in [7, 11) is 0. The van der Waals surface area contributed by atoms with Gasteiger partial charge in [-0.1, -0.05) is 11.6 Å². The molecule has 2 aromatic heterocycles. The number of ether oxygens (including phenoxy) is 1. The summed E-state index contributed by atoms with van der Waals surface area (Å²) < 4.78 is 40.3. The van der Waals surface area contributed by atoms with Gasteiger partial charge in [0.25, 0.3) is 5.91 Å². The van der Waals surface area contributed by atoms with Crippen molar-refractivity contribution in [2.75, 3.05) is 5.32 Å². The molecule has 3 aromatic rings. The van der Waals surface area contributed by atoms with E-state index in [2.05, 4.69) is 20.0 Å². The number of rotatable bonds is 4. The molecular weight excluding hydrogens is 409 g/mol. The highest BCUT2D eigenvalue weighted by molar-refractivity contribution is 6.33. The van der Waals surface area contributed by atoms with E-state index in [1.807, 2.05) is 6.07 Å². The summed E-state index contributed by atoms with van der Waals surface area (Å²) in [5.74, 6) is -0.954. The largest absolute Gasteiger partial charge is 0.573 e. The number of amides is 1. The maximum atomic E-state index is 12.3. The number of pyridine rings is 2. The van der Waals surface area contributed by atoms with Crippen molar-refractivity contribution in [3.8, 4) is 23.1 Å². The minimum Gasteiger partial charge on any atom is -0.406 e. The fourth-order valence-electron chi connectivity index (χ4n) is 2.31. The summed E-state index contributed by atoms with van der Waals surface area (Å²) in [6.07, 6.45) is -2.02. The number of nitrogens with one attached hydrogen (secondary N) is 1. The summed E-state index contributed by atoms with van der Waals surface area (Å²) >= 11 is 6.10. The summed E-state index contributed by atoms with van der Waals surface area (Å²) in [5.41, 5.74) is 1.62. The molecule has 0 saturated carbocycles. The van der Waals surface area contributed by atoms with Crippen molar-refractivity contribution in [2.24, 2.45) is 0 Å². The molecule has 1 amide bonds. The third kappa shape index (κ3) is 5.21. The van der Waals surface area contributed by atoms with Gasteiger partial charge in [0.2, 0.25) is 0 Å². The van der Waals surface area contributed by atoms with Crippen LogP contribution < -0.4 is 10.1 Å². The molecule has 6 nitrogen and oxygen atoms in total. The van der Waals surface area contributed by atoms with Gasteiger partial charge in [-0.25, -0.2) is 0 Å². The van der Waals surface area contributed by atoms with Crippen molar-refractivity contribution in [1.29, 1.82) is 5.26 Å². The van der Waals surface area contributed by atoms with E-state index in [0.29, 0.717) is 16.8 Å². The van der Waals surface area contributed by atoms with Gasteiger partial charge in [-0.05, 0) is 42.5 Å². The maximum Gasteiger partial charge on any atom is 0.573 e. The Bertz CT molecular complexity index is 1080. The zero-order valence-corrected chi connectivity index (χ0v) is 15.1. The van der Waals surface area contributed by atoms with Crippen LogP contribution in [0.25, 0.3) is 11.3 Å². The summed E-state index contributed by atoms with van der Waals surface area (Å²) in [6.45, 7) is 0. The van der Waals surface area contributed by atoms with Gasteiger partial charge in [0.15, 0.2) is 0 Å². The maximum absolute atomic E-state index is 12.3. The van der Waals surface area contributed by atoms with Gasteiger partial charge < -0.3 is 10.1 Å². The Morgan fingerprint density at radius 1 is 1.10 bits per heavy atom. The highest BCUT2D eigenvalue weighted by Gasteiger charge is 2.30. The number of benzene rings is 1. The number of carbonyl (C=O) groups is 1. The second-order valence-corrected chi connectivity index (χ2v) is 6.03. The van der Waals surface area contributed by atoms with E-state index in [-0.39, 0.29) is 16.4 Å². The highest BCUT2D eigenvalue weighted by atomic mass is 35.5. The monoisotopic (exact) mass is 418 g/mol. The lowest BCUT2D eigenvalue weighted by atomic mass is 10.1. The fraction of sp³-hybridized carbons (Fsp3) is 0.0526. The molecule has 0 unspecified atom stereocenters. The van der Waals surface area contributed by atoms with Crippen LogP contribution in [0.3, 0.4) is 0 Å². The number of halogens is 4. The van der Waals surface area contributed by atoms with Crippen LogP contribution in [0.15, 0.2) is 54.9 Å². The number of nitrogens with zero attached hydrogens (tertiary/aromatic N) is 3. The van der Waals surface area contributed by atoms with E-state index < -0.39 is 18.0 Å². The van der Waals surface area contributed by atoms with Crippen molar-refractivity contribution >= 4 is 23.2 Å². The molecule has 1 aromatic carbocycles. The Balaban J connectivity index is 1.70. The van der Waals surface area contributed by atoms with Crippen LogP contribution in [0.5, 0.6) is 5.75 Å². The molecule has 29 heavy (non-hydrogen) atoms. The van der Waals surface area contributed by atoms with E-state index in [1.54, 1.807) is 6.07 Å². The first kappa shape index (κ1) is 20.1. The SMILES string of the molecule is N#Cc1cnc(-c2ccc(C(=O)Nc3ccc(OC(F)(F)F)cc3)nc2)c(Cl)c1. The molecule has 0 bridgehead atoms. The molecule has 10 heteroatoms. The van der Waals surface area contributed by atoms with Gasteiger partial charge in [0.05, 0.1) is 16.3 Å². The number of anilines is 1. The number of nitriles is 1. The fourth-order valence-corrected chi connectivity index (χ4v) is 2.59. The Morgan fingerprint density at radius 2 is 1.83 bits per heavy atom. The van der Waals surface area contributed by atoms with E-state index in [9.17, 15) is 18.0 Å². The van der Waals surface area contributed by atoms with Crippen LogP contribution in [0.2, 0.25) is 5.02 Å². The van der Waals surface area contributed by atoms with Gasteiger partial charge >= 0.3 is 6.36 Å². The van der Waals surface area contributed by atoms with Crippen LogP contribution in [-0.2, 0) is 0 Å². The van der Waals surface area contributed by atoms with Crippen LogP contribution in [0, 0.1) is 11.3 Å². The molecule has 2 heterocycles. The Kier molecular flexibility index (Phi) is 5.66. The smallest absolute Gasteiger partial charge is 0.406 e. The first-order valence-corrected chi connectivity index (χ1v) is 8.32. The van der Waals surface area contributed by atoms with Gasteiger partial charge in [-0.15, -0.1) is 13.2 Å². The first-order chi connectivity index (χ1) is 13.7. The zero-order valence-electron chi connectivity index (χ0n) is 14.4. The van der Waals surface area contributed by atoms with Crippen molar-refractivity contribution in [3.63, 3.8) is 0 Å². The van der Waals surface area contributed by atoms with Gasteiger partial charge in [-0.2, -0.15) is 5.26 Å². The topological polar surface area (TPSA) is 87.9 Å². The third-order valence-electron chi connectivity index (χ3n) is 3.59. The number of hydrogen-bond donors (Lipinski definition) is 1. The average Bonchev–Trinajstić information content (AvgIpc) is 2.68. The molecule has 0 saturated heterocycles. The lowest BCUT2D eigenvalue weighted by Gasteiger charge is -2.10. The predicted molar refractivity (Wildman–Crippen MR) is 98.3 cm³/mol. The second-order valence-electron chi connectivity index (χ2n) is 5.62. The molecule has 0 radical (unpaired) electrons. The minimum atomic E-state index is -4.79. The van der Waals surface area contributed by atoms with Gasteiger partial charge in [0, 0.05) is 23.6 Å². The van der Waals surface area contributed by atoms with E-state index in [0.717, 1.165) is 12.1 Å². The molecule has 0 aliphatic carbocycles. The van der Waals surface area contributed by atoms with Crippen molar-refractivity contribution < 1.29 is 22.7 Å². The van der Waals surface area contributed by atoms with Crippen LogP contribution in [-0.4, -0.2) is 22.2 Å². The predicted octanol–water partition coefficient (Wildman–Crippen LogP) is 4.82. The van der Waals surface area contributed by atoms with E-state index in [4.69, 9.17) is 16.9 Å². The Hall–Kier alpha value is -3.64. The summed E-state index contributed by atoms with van der Waals surface area (Å²) in [6, 6.07) is 11.1. The lowest BCUT2D eigenvalue weighted by Crippen LogP contribution is -2.17. The highest BCUT2D eigenvalue weighted by Crippen LogP contribution is 2.26. The number of aromatic nitrogens is 2. The van der Waals surface area contributed by atoms with E-state index in [1.165, 1.54) is 36.7 Å². The molecule has 1 N–H and O–H groups in total. The van der Waals surface area contributed by atoms with Crippen molar-refractivity contribution in [1.82, 2.24) is 9.97 Å². The number of carbonyl (C=O) groups excluding carboxylic acids is 1. The van der Waals surface area contributed by atoms with E-state index >= 15 is 0 Å². The van der Waals surface area contributed by atoms with Crippen molar-refractivity contribution in [2.45, 2.75) is 6.36 Å². The molecule has 3 rings (SSSR count). The van der Waals surface area contributed by atoms with Crippen LogP contribution in [0.1, 0.15) is 16.1 Å². The molecule has 146 valence electrons. The molecule has 0 aliphatic heterocycles. The molecule has 0 spiro atoms. The Morgan fingerprint density at radius 3 is 2.38 bits per heavy atom. The summed E-state index contributed by atoms with van der Waals surface area (Å²) in [5, 5.41) is 11.6. The molecular formula is C19H10ClF3N4O2. The average molecular weight is 419 g/mol. The summed E-state index contributed by atoms with van der Waals surface area (Å²) in [4.78, 5) is 20.4. The van der Waals surface area contributed by atoms with Crippen molar-refractivity contribution in [3.05, 3.63) is 71.1 Å². The molecule has 0 aliphatic rings. The minimum absolute atomic E-state index is 0.0779. The zero-order chi connectivity index (χ0) is 21.0. The number of hydrogen-bond acceptors (Lipinski definition) is 5. The van der Waals surface area contributed by atoms with Gasteiger partial charge in [0.1, 0.15) is 17.5 Å². The third-order valence-corrected chi connectivity index (χ3v) is 3.87. The van der Waals surface area contributed by atoms with Crippen LogP contribution >= 0.6 is 11.6 Å². The molecule has 0 fully saturated rings. The lowest BCUT2D eigenvalue weighted by molar-refractivity contribution is -0.274. The quantitative estimate of drug-likeness (QED) is 0.656.